The van der Waals surface area contributed by atoms with Crippen LogP contribution in [-0.4, -0.2) is 30.1 Å². The summed E-state index contributed by atoms with van der Waals surface area (Å²) < 4.78 is 0. The van der Waals surface area contributed by atoms with Gasteiger partial charge in [-0.05, 0) is 31.5 Å². The molecule has 0 saturated carbocycles. The van der Waals surface area contributed by atoms with Crippen LogP contribution >= 0.6 is 0 Å². The van der Waals surface area contributed by atoms with E-state index in [2.05, 4.69) is 16.0 Å². The predicted octanol–water partition coefficient (Wildman–Crippen LogP) is 1.47. The number of non-ortho nitro benzene ring substituents is 1. The average Bonchev–Trinajstić information content (AvgIpc) is 2.40. The number of nitro benzene ring substituents is 1. The van der Waals surface area contributed by atoms with Crippen molar-refractivity contribution in [2.45, 2.75) is 18.9 Å². The standard InChI is InChI=1S/C12H16N4O3/c17-12(15-10-2-1-7-13-8-10)14-9-3-5-11(6-4-9)16(18)19/h3-6,10,13H,1-2,7-8H2,(H2,14,15,17)/t10-/m1/s1. The van der Waals surface area contributed by atoms with Gasteiger partial charge in [0.25, 0.3) is 5.69 Å². The first-order valence-electron chi connectivity index (χ1n) is 6.18. The zero-order valence-corrected chi connectivity index (χ0v) is 10.4. The van der Waals surface area contributed by atoms with E-state index < -0.39 is 4.92 Å². The normalized spacial score (nSPS) is 18.6. The monoisotopic (exact) mass is 264 g/mol. The fraction of sp³-hybridized carbons (Fsp3) is 0.417. The molecule has 1 aromatic rings. The smallest absolute Gasteiger partial charge is 0.319 e. The van der Waals surface area contributed by atoms with Gasteiger partial charge in [-0.1, -0.05) is 0 Å². The highest BCUT2D eigenvalue weighted by Gasteiger charge is 2.15. The zero-order valence-electron chi connectivity index (χ0n) is 10.4. The van der Waals surface area contributed by atoms with E-state index in [0.717, 1.165) is 25.9 Å². The van der Waals surface area contributed by atoms with Crippen molar-refractivity contribution in [3.8, 4) is 0 Å². The van der Waals surface area contributed by atoms with Crippen molar-refractivity contribution in [1.29, 1.82) is 0 Å². The number of nitrogens with zero attached hydrogens (tertiary/aromatic N) is 1. The van der Waals surface area contributed by atoms with Crippen LogP contribution in [0.5, 0.6) is 0 Å². The zero-order chi connectivity index (χ0) is 13.7. The predicted molar refractivity (Wildman–Crippen MR) is 71.1 cm³/mol. The quantitative estimate of drug-likeness (QED) is 0.569. The highest BCUT2D eigenvalue weighted by Crippen LogP contribution is 2.15. The molecule has 0 aliphatic carbocycles. The Morgan fingerprint density at radius 3 is 2.68 bits per heavy atom. The van der Waals surface area contributed by atoms with Gasteiger partial charge >= 0.3 is 6.03 Å². The van der Waals surface area contributed by atoms with Crippen molar-refractivity contribution in [3.05, 3.63) is 34.4 Å². The van der Waals surface area contributed by atoms with E-state index in [1.54, 1.807) is 0 Å². The molecule has 1 atom stereocenters. The average molecular weight is 264 g/mol. The maximum atomic E-state index is 11.7. The van der Waals surface area contributed by atoms with Crippen LogP contribution in [0.25, 0.3) is 0 Å². The van der Waals surface area contributed by atoms with E-state index in [4.69, 9.17) is 0 Å². The number of piperidine rings is 1. The summed E-state index contributed by atoms with van der Waals surface area (Å²) in [6.07, 6.45) is 2.00. The van der Waals surface area contributed by atoms with Crippen LogP contribution in [0.3, 0.4) is 0 Å². The van der Waals surface area contributed by atoms with Crippen LogP contribution < -0.4 is 16.0 Å². The summed E-state index contributed by atoms with van der Waals surface area (Å²) in [6, 6.07) is 5.58. The van der Waals surface area contributed by atoms with Crippen molar-refractivity contribution in [1.82, 2.24) is 10.6 Å². The lowest BCUT2D eigenvalue weighted by Crippen LogP contribution is -2.47. The highest BCUT2D eigenvalue weighted by molar-refractivity contribution is 5.89. The second-order valence-corrected chi connectivity index (χ2v) is 4.45. The van der Waals surface area contributed by atoms with Crippen molar-refractivity contribution in [2.24, 2.45) is 0 Å². The molecule has 3 N–H and O–H groups in total. The van der Waals surface area contributed by atoms with Gasteiger partial charge < -0.3 is 16.0 Å². The maximum absolute atomic E-state index is 11.7. The van der Waals surface area contributed by atoms with E-state index in [0.29, 0.717) is 5.69 Å². The number of nitro groups is 1. The first kappa shape index (κ1) is 13.3. The summed E-state index contributed by atoms with van der Waals surface area (Å²) in [4.78, 5) is 21.7. The second kappa shape index (κ2) is 6.14. The lowest BCUT2D eigenvalue weighted by atomic mass is 10.1. The molecule has 19 heavy (non-hydrogen) atoms. The van der Waals surface area contributed by atoms with E-state index >= 15 is 0 Å². The Morgan fingerprint density at radius 1 is 1.37 bits per heavy atom. The molecule has 102 valence electrons. The van der Waals surface area contributed by atoms with E-state index in [1.807, 2.05) is 0 Å². The molecular weight excluding hydrogens is 248 g/mol. The fourth-order valence-corrected chi connectivity index (χ4v) is 1.99. The Morgan fingerprint density at radius 2 is 2.11 bits per heavy atom. The second-order valence-electron chi connectivity index (χ2n) is 4.45. The molecule has 0 bridgehead atoms. The number of carbonyl (C=O) groups excluding carboxylic acids is 1. The summed E-state index contributed by atoms with van der Waals surface area (Å²) in [5.41, 5.74) is 0.536. The summed E-state index contributed by atoms with van der Waals surface area (Å²) in [5, 5.41) is 19.2. The lowest BCUT2D eigenvalue weighted by Gasteiger charge is -2.23. The summed E-state index contributed by atoms with van der Waals surface area (Å²) in [5.74, 6) is 0. The van der Waals surface area contributed by atoms with Gasteiger partial charge in [-0.3, -0.25) is 10.1 Å². The third-order valence-electron chi connectivity index (χ3n) is 2.97. The topological polar surface area (TPSA) is 96.3 Å². The van der Waals surface area contributed by atoms with Gasteiger partial charge in [0.1, 0.15) is 0 Å². The minimum atomic E-state index is -0.475. The van der Waals surface area contributed by atoms with Crippen LogP contribution in [0.2, 0.25) is 0 Å². The van der Waals surface area contributed by atoms with Crippen molar-refractivity contribution >= 4 is 17.4 Å². The van der Waals surface area contributed by atoms with Crippen LogP contribution in [0, 0.1) is 10.1 Å². The fourth-order valence-electron chi connectivity index (χ4n) is 1.99. The number of nitrogens with one attached hydrogen (secondary N) is 3. The molecule has 1 aliphatic heterocycles. The molecule has 0 spiro atoms. The van der Waals surface area contributed by atoms with Gasteiger partial charge in [-0.25, -0.2) is 4.79 Å². The van der Waals surface area contributed by atoms with Crippen LogP contribution in [0.1, 0.15) is 12.8 Å². The van der Waals surface area contributed by atoms with Crippen LogP contribution in [0.15, 0.2) is 24.3 Å². The SMILES string of the molecule is O=C(Nc1ccc([N+](=O)[O-])cc1)N[C@@H]1CCCNC1. The molecule has 7 nitrogen and oxygen atoms in total. The molecule has 1 aliphatic rings. The van der Waals surface area contributed by atoms with E-state index in [9.17, 15) is 14.9 Å². The van der Waals surface area contributed by atoms with Gasteiger partial charge in [0.15, 0.2) is 0 Å². The molecule has 1 heterocycles. The van der Waals surface area contributed by atoms with Crippen molar-refractivity contribution in [2.75, 3.05) is 18.4 Å². The summed E-state index contributed by atoms with van der Waals surface area (Å²) >= 11 is 0. The first-order valence-corrected chi connectivity index (χ1v) is 6.18. The summed E-state index contributed by atoms with van der Waals surface area (Å²) in [6.45, 7) is 1.76. The van der Waals surface area contributed by atoms with Gasteiger partial charge in [0, 0.05) is 30.4 Å². The molecule has 2 amide bonds. The molecule has 1 saturated heterocycles. The van der Waals surface area contributed by atoms with Gasteiger partial charge in [0.05, 0.1) is 4.92 Å². The Labute approximate surface area is 110 Å². The number of urea groups is 1. The number of hydrogen-bond donors (Lipinski definition) is 3. The van der Waals surface area contributed by atoms with Gasteiger partial charge in [-0.15, -0.1) is 0 Å². The van der Waals surface area contributed by atoms with Gasteiger partial charge in [0.2, 0.25) is 0 Å². The Hall–Kier alpha value is -2.15. The molecule has 7 heteroatoms. The maximum Gasteiger partial charge on any atom is 0.319 e. The Balaban J connectivity index is 1.85. The molecule has 0 unspecified atom stereocenters. The minimum absolute atomic E-state index is 0.00226. The Bertz CT molecular complexity index is 455. The number of carbonyl (C=O) groups is 1. The molecule has 0 radical (unpaired) electrons. The number of anilines is 1. The van der Waals surface area contributed by atoms with Crippen LogP contribution in [0.4, 0.5) is 16.2 Å². The first-order chi connectivity index (χ1) is 9.15. The molecule has 1 fully saturated rings. The number of benzene rings is 1. The molecule has 0 aromatic heterocycles. The largest absolute Gasteiger partial charge is 0.334 e. The number of hydrogen-bond acceptors (Lipinski definition) is 4. The molecular formula is C12H16N4O3. The van der Waals surface area contributed by atoms with Crippen LogP contribution in [-0.2, 0) is 0 Å². The van der Waals surface area contributed by atoms with E-state index in [1.165, 1.54) is 24.3 Å². The van der Waals surface area contributed by atoms with E-state index in [-0.39, 0.29) is 17.8 Å². The third-order valence-corrected chi connectivity index (χ3v) is 2.97. The van der Waals surface area contributed by atoms with Crippen molar-refractivity contribution < 1.29 is 9.72 Å². The van der Waals surface area contributed by atoms with Crippen molar-refractivity contribution in [3.63, 3.8) is 0 Å². The summed E-state index contributed by atoms with van der Waals surface area (Å²) in [7, 11) is 0. The molecule has 2 rings (SSSR count). The number of rotatable bonds is 3. The lowest BCUT2D eigenvalue weighted by molar-refractivity contribution is -0.384. The Kier molecular flexibility index (Phi) is 4.30. The number of amides is 2. The van der Waals surface area contributed by atoms with Gasteiger partial charge in [-0.2, -0.15) is 0 Å². The molecule has 1 aromatic carbocycles. The minimum Gasteiger partial charge on any atom is -0.334 e. The highest BCUT2D eigenvalue weighted by atomic mass is 16.6. The third kappa shape index (κ3) is 3.92.